The highest BCUT2D eigenvalue weighted by Gasteiger charge is 2.28. The predicted molar refractivity (Wildman–Crippen MR) is 140 cm³/mol. The first-order valence-corrected chi connectivity index (χ1v) is 13.4. The Balaban J connectivity index is 1.49. The molecule has 1 N–H and O–H groups in total. The number of nitrogens with zero attached hydrogens (tertiary/aromatic N) is 4. The van der Waals surface area contributed by atoms with Gasteiger partial charge in [-0.2, -0.15) is 0 Å². The number of hydrogen-bond donors (Lipinski definition) is 1. The number of amides is 1. The number of thioether (sulfide) groups is 1. The summed E-state index contributed by atoms with van der Waals surface area (Å²) in [5, 5.41) is 13.0. The number of nitrogens with one attached hydrogen (secondary N) is 1. The number of rotatable bonds is 7. The van der Waals surface area contributed by atoms with Crippen LogP contribution >= 0.6 is 11.8 Å². The van der Waals surface area contributed by atoms with Crippen molar-refractivity contribution in [1.82, 2.24) is 24.6 Å². The topological polar surface area (TPSA) is 77.9 Å². The summed E-state index contributed by atoms with van der Waals surface area (Å²) in [4.78, 5) is 13.3. The molecule has 4 aromatic rings. The average Bonchev–Trinajstić information content (AvgIpc) is 3.55. The maximum Gasteiger partial charge on any atom is 0.233 e. The molecule has 0 saturated heterocycles. The predicted octanol–water partition coefficient (Wildman–Crippen LogP) is 5.89. The Labute approximate surface area is 210 Å². The fourth-order valence-electron chi connectivity index (χ4n) is 4.96. The summed E-state index contributed by atoms with van der Waals surface area (Å²) in [6, 6.07) is 12.4. The molecule has 1 atom stereocenters. The molecule has 5 rings (SSSR count). The Hall–Kier alpha value is -3.00. The summed E-state index contributed by atoms with van der Waals surface area (Å²) < 4.78 is 9.78. The van der Waals surface area contributed by atoms with Crippen molar-refractivity contribution in [3.63, 3.8) is 0 Å². The van der Waals surface area contributed by atoms with E-state index in [0.717, 1.165) is 52.6 Å². The van der Waals surface area contributed by atoms with Crippen LogP contribution in [0, 0.1) is 12.8 Å². The van der Waals surface area contributed by atoms with E-state index in [1.54, 1.807) is 6.26 Å². The number of aryl methyl sites for hydroxylation is 2. The van der Waals surface area contributed by atoms with Crippen LogP contribution < -0.4 is 5.32 Å². The van der Waals surface area contributed by atoms with Gasteiger partial charge < -0.3 is 14.3 Å². The highest BCUT2D eigenvalue weighted by molar-refractivity contribution is 8.00. The largest absolute Gasteiger partial charge is 0.463 e. The monoisotopic (exact) mass is 491 g/mol. The number of fused-ring (bicyclic) bond motifs is 1. The average molecular weight is 492 g/mol. The first kappa shape index (κ1) is 23.7. The third-order valence-corrected chi connectivity index (χ3v) is 8.46. The molecule has 0 aliphatic heterocycles. The molecule has 1 fully saturated rings. The second kappa shape index (κ2) is 9.93. The van der Waals surface area contributed by atoms with Crippen molar-refractivity contribution < 1.29 is 9.21 Å². The normalized spacial score (nSPS) is 19.2. The standard InChI is InChI=1S/C27H33N5O2S/c1-5-24(26(33)28-19-12-10-17(2)11-13-19)35-27-30-29-25(32(27)20-9-7-6-8-18(20)3)22-16-23-21(31(22)4)14-15-34-23/h6-9,14-17,19,24H,5,10-13H2,1-4H3,(H,28,33)/t17?,19?,24-/m0/s1. The van der Waals surface area contributed by atoms with E-state index in [9.17, 15) is 4.79 Å². The minimum atomic E-state index is -0.237. The molecule has 184 valence electrons. The molecule has 0 bridgehead atoms. The molecule has 35 heavy (non-hydrogen) atoms. The van der Waals surface area contributed by atoms with Gasteiger partial charge in [0.2, 0.25) is 5.91 Å². The van der Waals surface area contributed by atoms with Gasteiger partial charge in [-0.25, -0.2) is 0 Å². The van der Waals surface area contributed by atoms with E-state index < -0.39 is 0 Å². The molecule has 3 aromatic heterocycles. The van der Waals surface area contributed by atoms with Crippen LogP contribution in [0.4, 0.5) is 0 Å². The quantitative estimate of drug-likeness (QED) is 0.326. The van der Waals surface area contributed by atoms with Crippen molar-refractivity contribution in [3.05, 3.63) is 48.2 Å². The number of para-hydroxylation sites is 1. The Bertz CT molecular complexity index is 1330. The number of furan rings is 1. The van der Waals surface area contributed by atoms with Gasteiger partial charge in [0.1, 0.15) is 0 Å². The summed E-state index contributed by atoms with van der Waals surface area (Å²) in [5.74, 6) is 1.58. The summed E-state index contributed by atoms with van der Waals surface area (Å²) >= 11 is 1.49. The summed E-state index contributed by atoms with van der Waals surface area (Å²) in [7, 11) is 2.00. The van der Waals surface area contributed by atoms with Crippen molar-refractivity contribution in [1.29, 1.82) is 0 Å². The van der Waals surface area contributed by atoms with Crippen LogP contribution in [-0.4, -0.2) is 36.5 Å². The van der Waals surface area contributed by atoms with Gasteiger partial charge in [0, 0.05) is 25.2 Å². The smallest absolute Gasteiger partial charge is 0.233 e. The van der Waals surface area contributed by atoms with Gasteiger partial charge in [-0.3, -0.25) is 9.36 Å². The lowest BCUT2D eigenvalue weighted by atomic mass is 9.87. The molecule has 1 aromatic carbocycles. The highest BCUT2D eigenvalue weighted by Crippen LogP contribution is 2.35. The van der Waals surface area contributed by atoms with Crippen LogP contribution in [0.15, 0.2) is 52.2 Å². The molecular weight excluding hydrogens is 458 g/mol. The highest BCUT2D eigenvalue weighted by atomic mass is 32.2. The molecule has 1 amide bonds. The number of carbonyl (C=O) groups excluding carboxylic acids is 1. The second-order valence-corrected chi connectivity index (χ2v) is 10.8. The van der Waals surface area contributed by atoms with Crippen LogP contribution in [0.3, 0.4) is 0 Å². The lowest BCUT2D eigenvalue weighted by Gasteiger charge is -2.28. The number of carbonyl (C=O) groups is 1. The molecule has 0 radical (unpaired) electrons. The Kier molecular flexibility index (Phi) is 6.73. The van der Waals surface area contributed by atoms with Gasteiger partial charge in [-0.15, -0.1) is 10.2 Å². The first-order chi connectivity index (χ1) is 17.0. The van der Waals surface area contributed by atoms with E-state index >= 15 is 0 Å². The van der Waals surface area contributed by atoms with E-state index in [1.165, 1.54) is 24.6 Å². The van der Waals surface area contributed by atoms with Gasteiger partial charge in [-0.05, 0) is 56.6 Å². The SMILES string of the molecule is CC[C@H](Sc1nnc(-c2cc3occc3n2C)n1-c1ccccc1C)C(=O)NC1CCC(C)CC1. The molecule has 1 aliphatic rings. The Morgan fingerprint density at radius 2 is 1.97 bits per heavy atom. The lowest BCUT2D eigenvalue weighted by molar-refractivity contribution is -0.121. The molecule has 1 aliphatic carbocycles. The fraction of sp³-hybridized carbons (Fsp3) is 0.444. The zero-order valence-corrected chi connectivity index (χ0v) is 21.6. The Morgan fingerprint density at radius 1 is 1.20 bits per heavy atom. The van der Waals surface area contributed by atoms with Gasteiger partial charge >= 0.3 is 0 Å². The van der Waals surface area contributed by atoms with E-state index in [-0.39, 0.29) is 17.2 Å². The van der Waals surface area contributed by atoms with E-state index in [0.29, 0.717) is 11.6 Å². The summed E-state index contributed by atoms with van der Waals surface area (Å²) in [5.41, 5.74) is 4.84. The number of aromatic nitrogens is 4. The van der Waals surface area contributed by atoms with Crippen molar-refractivity contribution in [2.24, 2.45) is 13.0 Å². The molecular formula is C27H33N5O2S. The van der Waals surface area contributed by atoms with Crippen molar-refractivity contribution in [3.8, 4) is 17.2 Å². The summed E-state index contributed by atoms with van der Waals surface area (Å²) in [6.45, 7) is 6.43. The van der Waals surface area contributed by atoms with Gasteiger partial charge in [0.15, 0.2) is 16.6 Å². The van der Waals surface area contributed by atoms with E-state index in [1.807, 2.05) is 31.3 Å². The third-order valence-electron chi connectivity index (χ3n) is 7.16. The molecule has 7 nitrogen and oxygen atoms in total. The molecule has 1 saturated carbocycles. The van der Waals surface area contributed by atoms with E-state index in [2.05, 4.69) is 57.6 Å². The second-order valence-electron chi connectivity index (χ2n) is 9.67. The number of benzene rings is 1. The van der Waals surface area contributed by atoms with Crippen LogP contribution in [0.25, 0.3) is 28.3 Å². The van der Waals surface area contributed by atoms with Crippen molar-refractivity contribution in [2.45, 2.75) is 69.3 Å². The third kappa shape index (κ3) is 4.63. The molecule has 8 heteroatoms. The maximum absolute atomic E-state index is 13.3. The molecule has 0 unspecified atom stereocenters. The van der Waals surface area contributed by atoms with Gasteiger partial charge in [-0.1, -0.05) is 43.8 Å². The summed E-state index contributed by atoms with van der Waals surface area (Å²) in [6.07, 6.45) is 6.89. The van der Waals surface area contributed by atoms with Gasteiger partial charge in [0.05, 0.1) is 28.4 Å². The minimum Gasteiger partial charge on any atom is -0.463 e. The molecule has 0 spiro atoms. The zero-order valence-electron chi connectivity index (χ0n) is 20.8. The van der Waals surface area contributed by atoms with Crippen LogP contribution in [0.2, 0.25) is 0 Å². The van der Waals surface area contributed by atoms with E-state index in [4.69, 9.17) is 4.42 Å². The zero-order chi connectivity index (χ0) is 24.5. The Morgan fingerprint density at radius 3 is 2.69 bits per heavy atom. The first-order valence-electron chi connectivity index (χ1n) is 12.5. The van der Waals surface area contributed by atoms with Crippen LogP contribution in [-0.2, 0) is 11.8 Å². The molecule has 3 heterocycles. The fourth-order valence-corrected chi connectivity index (χ4v) is 5.93. The maximum atomic E-state index is 13.3. The van der Waals surface area contributed by atoms with Crippen molar-refractivity contribution >= 4 is 28.8 Å². The van der Waals surface area contributed by atoms with Crippen LogP contribution in [0.5, 0.6) is 0 Å². The van der Waals surface area contributed by atoms with Crippen molar-refractivity contribution in [2.75, 3.05) is 0 Å². The van der Waals surface area contributed by atoms with Gasteiger partial charge in [0.25, 0.3) is 0 Å². The minimum absolute atomic E-state index is 0.0920. The number of hydrogen-bond acceptors (Lipinski definition) is 5. The lowest BCUT2D eigenvalue weighted by Crippen LogP contribution is -2.41. The van der Waals surface area contributed by atoms with Crippen LogP contribution in [0.1, 0.15) is 51.5 Å².